The van der Waals surface area contributed by atoms with Crippen LogP contribution in [0.4, 0.5) is 5.69 Å². The van der Waals surface area contributed by atoms with Gasteiger partial charge in [0.1, 0.15) is 12.7 Å². The number of hydrogen-bond acceptors (Lipinski definition) is 6. The second kappa shape index (κ2) is 10.1. The van der Waals surface area contributed by atoms with E-state index in [1.807, 2.05) is 12.1 Å². The van der Waals surface area contributed by atoms with Crippen LogP contribution < -0.4 is 15.0 Å². The Bertz CT molecular complexity index is 863. The highest BCUT2D eigenvalue weighted by Crippen LogP contribution is 2.33. The number of phenolic OH excluding ortho intramolecular Hbond substituents is 1. The van der Waals surface area contributed by atoms with E-state index in [9.17, 15) is 10.4 Å². The fourth-order valence-corrected chi connectivity index (χ4v) is 3.85. The van der Waals surface area contributed by atoms with E-state index in [1.165, 1.54) is 5.56 Å². The fraction of sp³-hybridized carbons (Fsp3) is 0.435. The van der Waals surface area contributed by atoms with Gasteiger partial charge >= 0.3 is 0 Å². The Kier molecular flexibility index (Phi) is 7.34. The zero-order valence-electron chi connectivity index (χ0n) is 16.9. The molecule has 1 atom stereocenters. The van der Waals surface area contributed by atoms with Gasteiger partial charge in [0.05, 0.1) is 11.3 Å². The van der Waals surface area contributed by atoms with Crippen molar-refractivity contribution in [2.24, 2.45) is 0 Å². The number of benzene rings is 2. The van der Waals surface area contributed by atoms with Gasteiger partial charge in [0.25, 0.3) is 0 Å². The van der Waals surface area contributed by atoms with E-state index in [2.05, 4.69) is 29.3 Å². The molecule has 0 amide bonds. The summed E-state index contributed by atoms with van der Waals surface area (Å²) in [6, 6.07) is 13.7. The lowest BCUT2D eigenvalue weighted by atomic mass is 9.99. The van der Waals surface area contributed by atoms with Gasteiger partial charge in [-0.3, -0.25) is 0 Å². The molecule has 0 unspecified atom stereocenters. The first kappa shape index (κ1) is 21.0. The first-order valence-electron chi connectivity index (χ1n) is 10.2. The molecule has 3 rings (SSSR count). The molecule has 0 saturated carbocycles. The van der Waals surface area contributed by atoms with Crippen LogP contribution in [-0.2, 0) is 12.8 Å². The van der Waals surface area contributed by atoms with Crippen LogP contribution >= 0.6 is 0 Å². The maximum Gasteiger partial charge on any atom is 0.160 e. The Morgan fingerprint density at radius 1 is 1.31 bits per heavy atom. The van der Waals surface area contributed by atoms with Crippen LogP contribution in [0.2, 0.25) is 0 Å². The number of aliphatic hydroxyl groups excluding tert-OH is 1. The molecule has 29 heavy (non-hydrogen) atoms. The summed E-state index contributed by atoms with van der Waals surface area (Å²) < 4.78 is 5.60. The van der Waals surface area contributed by atoms with Crippen LogP contribution in [0, 0.1) is 11.3 Å². The third-order valence-electron chi connectivity index (χ3n) is 5.18. The number of hydrogen-bond donors (Lipinski definition) is 3. The molecule has 6 nitrogen and oxygen atoms in total. The largest absolute Gasteiger partial charge is 0.504 e. The minimum atomic E-state index is 0.149. The summed E-state index contributed by atoms with van der Waals surface area (Å²) in [5.41, 5.74) is 4.16. The quantitative estimate of drug-likeness (QED) is 0.536. The molecule has 0 saturated heterocycles. The van der Waals surface area contributed by atoms with Crippen molar-refractivity contribution in [3.05, 3.63) is 53.1 Å². The summed E-state index contributed by atoms with van der Waals surface area (Å²) in [6.45, 7) is 5.11. The zero-order valence-corrected chi connectivity index (χ0v) is 16.9. The van der Waals surface area contributed by atoms with E-state index >= 15 is 0 Å². The van der Waals surface area contributed by atoms with Gasteiger partial charge in [-0.05, 0) is 55.5 Å². The molecule has 0 spiro atoms. The first-order chi connectivity index (χ1) is 14.1. The Balaban J connectivity index is 1.53. The predicted molar refractivity (Wildman–Crippen MR) is 114 cm³/mol. The Labute approximate surface area is 172 Å². The number of rotatable bonds is 10. The second-order valence-electron chi connectivity index (χ2n) is 7.45. The molecule has 1 heterocycles. The number of nitriles is 1. The molecule has 2 aromatic carbocycles. The number of aromatic hydroxyl groups is 1. The van der Waals surface area contributed by atoms with Crippen LogP contribution in [0.1, 0.15) is 30.0 Å². The molecular formula is C23H29N3O3. The number of para-hydroxylation sites is 2. The highest BCUT2D eigenvalue weighted by atomic mass is 16.5. The lowest BCUT2D eigenvalue weighted by molar-refractivity contribution is 0.290. The summed E-state index contributed by atoms with van der Waals surface area (Å²) in [4.78, 5) is 2.21. The van der Waals surface area contributed by atoms with Crippen molar-refractivity contribution in [1.82, 2.24) is 5.32 Å². The Hall–Kier alpha value is -2.75. The van der Waals surface area contributed by atoms with E-state index in [-0.39, 0.29) is 18.4 Å². The van der Waals surface area contributed by atoms with Gasteiger partial charge in [0.15, 0.2) is 11.5 Å². The smallest absolute Gasteiger partial charge is 0.160 e. The second-order valence-corrected chi connectivity index (χ2v) is 7.45. The molecule has 1 aliphatic heterocycles. The topological polar surface area (TPSA) is 88.8 Å². The third kappa shape index (κ3) is 5.41. The standard InChI is InChI=1S/C23H29N3O3/c1-17(25-8-12-29-22-6-3-2-5-21(22)28)13-18-14-19-7-10-26(9-4-11-27)23(19)20(15-18)16-24/h2-3,5-6,14-15,17,25,27-28H,4,7-13H2,1H3/t17-/m1/s1. The summed E-state index contributed by atoms with van der Waals surface area (Å²) in [5.74, 6) is 0.640. The SMILES string of the molecule is C[C@H](Cc1cc(C#N)c2c(c1)CCN2CCCO)NCCOc1ccccc1O. The van der Waals surface area contributed by atoms with Gasteiger partial charge in [0.2, 0.25) is 0 Å². The maximum atomic E-state index is 9.72. The molecule has 0 fully saturated rings. The van der Waals surface area contributed by atoms with Gasteiger partial charge in [-0.2, -0.15) is 5.26 Å². The van der Waals surface area contributed by atoms with Crippen LogP contribution in [0.3, 0.4) is 0 Å². The number of nitrogens with one attached hydrogen (secondary N) is 1. The van der Waals surface area contributed by atoms with Crippen molar-refractivity contribution in [2.45, 2.75) is 32.2 Å². The summed E-state index contributed by atoms with van der Waals surface area (Å²) in [6.07, 6.45) is 2.49. The zero-order chi connectivity index (χ0) is 20.6. The fourth-order valence-electron chi connectivity index (χ4n) is 3.85. The molecule has 2 aromatic rings. The van der Waals surface area contributed by atoms with Gasteiger partial charge < -0.3 is 25.2 Å². The Morgan fingerprint density at radius 2 is 2.14 bits per heavy atom. The number of nitrogens with zero attached hydrogens (tertiary/aromatic N) is 2. The van der Waals surface area contributed by atoms with E-state index in [1.54, 1.807) is 18.2 Å². The van der Waals surface area contributed by atoms with E-state index in [0.29, 0.717) is 18.9 Å². The van der Waals surface area contributed by atoms with Crippen molar-refractivity contribution >= 4 is 5.69 Å². The number of phenols is 1. The summed E-state index contributed by atoms with van der Waals surface area (Å²) in [7, 11) is 0. The molecule has 154 valence electrons. The number of anilines is 1. The van der Waals surface area contributed by atoms with Crippen molar-refractivity contribution < 1.29 is 14.9 Å². The molecule has 0 radical (unpaired) electrons. The molecular weight excluding hydrogens is 366 g/mol. The average Bonchev–Trinajstić information content (AvgIpc) is 3.13. The van der Waals surface area contributed by atoms with Gasteiger partial charge in [0, 0.05) is 32.3 Å². The lowest BCUT2D eigenvalue weighted by Gasteiger charge is -2.21. The summed E-state index contributed by atoms with van der Waals surface area (Å²) >= 11 is 0. The average molecular weight is 396 g/mol. The van der Waals surface area contributed by atoms with Crippen LogP contribution in [0.5, 0.6) is 11.5 Å². The molecule has 1 aliphatic rings. The highest BCUT2D eigenvalue weighted by molar-refractivity contribution is 5.68. The minimum Gasteiger partial charge on any atom is -0.504 e. The van der Waals surface area contributed by atoms with Gasteiger partial charge in [-0.15, -0.1) is 0 Å². The van der Waals surface area contributed by atoms with E-state index < -0.39 is 0 Å². The van der Waals surface area contributed by atoms with Crippen molar-refractivity contribution in [2.75, 3.05) is 37.7 Å². The van der Waals surface area contributed by atoms with Crippen LogP contribution in [0.25, 0.3) is 0 Å². The maximum absolute atomic E-state index is 9.72. The van der Waals surface area contributed by atoms with E-state index in [0.717, 1.165) is 49.2 Å². The molecule has 0 aromatic heterocycles. The lowest BCUT2D eigenvalue weighted by Crippen LogP contribution is -2.31. The van der Waals surface area contributed by atoms with E-state index in [4.69, 9.17) is 9.84 Å². The first-order valence-corrected chi connectivity index (χ1v) is 10.2. The molecule has 3 N–H and O–H groups in total. The minimum absolute atomic E-state index is 0.149. The highest BCUT2D eigenvalue weighted by Gasteiger charge is 2.23. The normalized spacial score (nSPS) is 13.8. The van der Waals surface area contributed by atoms with Crippen LogP contribution in [0.15, 0.2) is 36.4 Å². The van der Waals surface area contributed by atoms with Gasteiger partial charge in [-0.25, -0.2) is 0 Å². The van der Waals surface area contributed by atoms with Crippen LogP contribution in [-0.4, -0.2) is 49.1 Å². The molecule has 0 bridgehead atoms. The van der Waals surface area contributed by atoms with Crippen molar-refractivity contribution in [3.8, 4) is 17.6 Å². The molecule has 0 aliphatic carbocycles. The van der Waals surface area contributed by atoms with Gasteiger partial charge in [-0.1, -0.05) is 18.2 Å². The third-order valence-corrected chi connectivity index (χ3v) is 5.18. The number of aliphatic hydroxyl groups is 1. The van der Waals surface area contributed by atoms with Crippen molar-refractivity contribution in [3.63, 3.8) is 0 Å². The predicted octanol–water partition coefficient (Wildman–Crippen LogP) is 2.61. The van der Waals surface area contributed by atoms with Crippen molar-refractivity contribution in [1.29, 1.82) is 5.26 Å². The number of fused-ring (bicyclic) bond motifs is 1. The monoisotopic (exact) mass is 395 g/mol. The summed E-state index contributed by atoms with van der Waals surface area (Å²) in [5, 5.41) is 31.9. The Morgan fingerprint density at radius 3 is 2.90 bits per heavy atom. The molecule has 6 heteroatoms. The number of ether oxygens (including phenoxy) is 1.